The van der Waals surface area contributed by atoms with Crippen molar-refractivity contribution in [1.29, 1.82) is 0 Å². The van der Waals surface area contributed by atoms with Gasteiger partial charge in [0.25, 0.3) is 0 Å². The van der Waals surface area contributed by atoms with Crippen LogP contribution in [-0.2, 0) is 12.4 Å². The molecule has 0 unspecified atom stereocenters. The largest absolute Gasteiger partial charge is 0.416 e. The van der Waals surface area contributed by atoms with Gasteiger partial charge in [0, 0.05) is 0 Å². The molecule has 11 aromatic rings. The van der Waals surface area contributed by atoms with E-state index >= 15 is 0 Å². The van der Waals surface area contributed by atoms with E-state index in [0.29, 0.717) is 22.3 Å². The van der Waals surface area contributed by atoms with Crippen LogP contribution in [0.4, 0.5) is 26.3 Å². The molecule has 298 valence electrons. The van der Waals surface area contributed by atoms with Gasteiger partial charge in [-0.15, -0.1) is 0 Å². The normalized spacial score (nSPS) is 12.4. The highest BCUT2D eigenvalue weighted by Gasteiger charge is 2.32. The molecule has 11 aromatic carbocycles. The molecule has 0 aliphatic carbocycles. The van der Waals surface area contributed by atoms with Gasteiger partial charge in [-0.1, -0.05) is 133 Å². The fourth-order valence-electron chi connectivity index (χ4n) is 9.37. The summed E-state index contributed by atoms with van der Waals surface area (Å²) in [4.78, 5) is 0. The molecule has 0 atom stereocenters. The van der Waals surface area contributed by atoms with E-state index in [9.17, 15) is 26.3 Å². The third kappa shape index (κ3) is 6.25. The zero-order valence-electron chi connectivity index (χ0n) is 32.7. The summed E-state index contributed by atoms with van der Waals surface area (Å²) in [6, 6.07) is 59.6. The average molecular weight is 819 g/mol. The molecule has 11 rings (SSSR count). The first-order valence-corrected chi connectivity index (χ1v) is 20.2. The van der Waals surface area contributed by atoms with Crippen LogP contribution in [0.2, 0.25) is 0 Å². The van der Waals surface area contributed by atoms with Crippen LogP contribution in [0.15, 0.2) is 194 Å². The molecule has 0 aromatic heterocycles. The van der Waals surface area contributed by atoms with Crippen LogP contribution in [0, 0.1) is 0 Å². The maximum Gasteiger partial charge on any atom is 0.416 e. The number of halogens is 6. The van der Waals surface area contributed by atoms with Crippen molar-refractivity contribution in [3.63, 3.8) is 0 Å². The van der Waals surface area contributed by atoms with E-state index < -0.39 is 23.5 Å². The minimum Gasteiger partial charge on any atom is -0.166 e. The zero-order chi connectivity index (χ0) is 42.3. The van der Waals surface area contributed by atoms with Gasteiger partial charge in [0.2, 0.25) is 0 Å². The number of benzene rings is 11. The predicted octanol–water partition coefficient (Wildman–Crippen LogP) is 17.3. The summed E-state index contributed by atoms with van der Waals surface area (Å²) < 4.78 is 84.9. The van der Waals surface area contributed by atoms with E-state index in [-0.39, 0.29) is 0 Å². The number of rotatable bonds is 4. The molecular weight excluding hydrogens is 787 g/mol. The van der Waals surface area contributed by atoms with Gasteiger partial charge in [0.1, 0.15) is 0 Å². The second-order valence-electron chi connectivity index (χ2n) is 15.8. The van der Waals surface area contributed by atoms with Crippen molar-refractivity contribution in [3.8, 4) is 44.5 Å². The van der Waals surface area contributed by atoms with E-state index in [1.807, 2.05) is 78.9 Å². The molecule has 0 aliphatic heterocycles. The summed E-state index contributed by atoms with van der Waals surface area (Å²) in [5.74, 6) is 0. The number of fused-ring (bicyclic) bond motifs is 8. The zero-order valence-corrected chi connectivity index (χ0v) is 32.7. The molecule has 0 spiro atoms. The first-order chi connectivity index (χ1) is 30.0. The second kappa shape index (κ2) is 14.1. The van der Waals surface area contributed by atoms with Crippen molar-refractivity contribution in [3.05, 3.63) is 205 Å². The lowest BCUT2D eigenvalue weighted by Gasteiger charge is -2.21. The molecule has 0 bridgehead atoms. The predicted molar refractivity (Wildman–Crippen MR) is 243 cm³/mol. The van der Waals surface area contributed by atoms with Crippen LogP contribution in [0.1, 0.15) is 11.1 Å². The van der Waals surface area contributed by atoms with Crippen molar-refractivity contribution in [2.75, 3.05) is 0 Å². The van der Waals surface area contributed by atoms with Crippen molar-refractivity contribution in [2.45, 2.75) is 12.4 Å². The Balaban J connectivity index is 1.33. The topological polar surface area (TPSA) is 0 Å². The van der Waals surface area contributed by atoms with Crippen molar-refractivity contribution >= 4 is 64.6 Å². The van der Waals surface area contributed by atoms with E-state index in [1.54, 1.807) is 12.1 Å². The summed E-state index contributed by atoms with van der Waals surface area (Å²) >= 11 is 0. The highest BCUT2D eigenvalue weighted by atomic mass is 19.4. The maximum absolute atomic E-state index is 14.3. The molecule has 0 saturated carbocycles. The highest BCUT2D eigenvalue weighted by molar-refractivity contribution is 6.25. The van der Waals surface area contributed by atoms with Gasteiger partial charge >= 0.3 is 12.4 Å². The summed E-state index contributed by atoms with van der Waals surface area (Å²) in [6.45, 7) is 0. The molecule has 0 aliphatic rings. The highest BCUT2D eigenvalue weighted by Crippen LogP contribution is 2.48. The van der Waals surface area contributed by atoms with E-state index in [1.165, 1.54) is 24.3 Å². The van der Waals surface area contributed by atoms with Crippen LogP contribution in [-0.4, -0.2) is 0 Å². The quantitative estimate of drug-likeness (QED) is 0.0943. The second-order valence-corrected chi connectivity index (χ2v) is 15.8. The van der Waals surface area contributed by atoms with Crippen LogP contribution in [0.5, 0.6) is 0 Å². The Morgan fingerprint density at radius 3 is 1.29 bits per heavy atom. The Morgan fingerprint density at radius 1 is 0.242 bits per heavy atom. The summed E-state index contributed by atoms with van der Waals surface area (Å²) in [5.41, 5.74) is 4.13. The molecule has 6 heteroatoms. The Kier molecular flexibility index (Phi) is 8.52. The summed E-state index contributed by atoms with van der Waals surface area (Å²) in [5, 5.41) is 11.5. The van der Waals surface area contributed by atoms with Crippen molar-refractivity contribution in [2.24, 2.45) is 0 Å². The molecular formula is C56H32F6. The third-order valence-corrected chi connectivity index (χ3v) is 12.2. The molecule has 0 heterocycles. The van der Waals surface area contributed by atoms with Gasteiger partial charge < -0.3 is 0 Å². The Bertz CT molecular complexity index is 3610. The molecule has 0 amide bonds. The minimum absolute atomic E-state index is 0.419. The SMILES string of the molecule is FC(F)(F)c1cccc(-c2ccc3c(-c4cc5ccccc5c5ccccc45)c4cc(-c5cccc(C(F)(F)F)c5)cc(-c5cc6ccccc6c6ccccc56)c4cc3c2)c1. The Labute approximate surface area is 351 Å². The number of hydrogen-bond donors (Lipinski definition) is 0. The standard InChI is InChI=1S/C56H32F6/c57-55(58,59)40-15-9-13-33(26-40)35-23-24-44-39(25-35)32-51-50(49-28-36-11-1-3-17-42(36)45-19-5-7-21-47(45)49)30-38(34-14-10-16-41(27-34)56(60,61)62)31-53(51)54(44)52-29-37-12-2-4-18-43(37)46-20-6-8-22-48(46)52/h1-32H. The molecule has 0 fully saturated rings. The van der Waals surface area contributed by atoms with E-state index in [4.69, 9.17) is 0 Å². The van der Waals surface area contributed by atoms with Crippen LogP contribution in [0.3, 0.4) is 0 Å². The fourth-order valence-corrected chi connectivity index (χ4v) is 9.37. The lowest BCUT2D eigenvalue weighted by Crippen LogP contribution is -2.04. The monoisotopic (exact) mass is 818 g/mol. The van der Waals surface area contributed by atoms with Crippen molar-refractivity contribution in [1.82, 2.24) is 0 Å². The van der Waals surface area contributed by atoms with E-state index in [2.05, 4.69) is 66.7 Å². The summed E-state index contributed by atoms with van der Waals surface area (Å²) in [6.07, 6.45) is -9.06. The lowest BCUT2D eigenvalue weighted by molar-refractivity contribution is -0.138. The smallest absolute Gasteiger partial charge is 0.166 e. The van der Waals surface area contributed by atoms with Gasteiger partial charge in [-0.25, -0.2) is 0 Å². The molecule has 0 N–H and O–H groups in total. The minimum atomic E-state index is -4.55. The van der Waals surface area contributed by atoms with Crippen LogP contribution < -0.4 is 0 Å². The number of alkyl halides is 6. The molecule has 0 radical (unpaired) electrons. The number of hydrogen-bond acceptors (Lipinski definition) is 0. The maximum atomic E-state index is 14.3. The van der Waals surface area contributed by atoms with Crippen LogP contribution >= 0.6 is 0 Å². The van der Waals surface area contributed by atoms with Crippen LogP contribution in [0.25, 0.3) is 109 Å². The van der Waals surface area contributed by atoms with Gasteiger partial charge in [-0.3, -0.25) is 0 Å². The first kappa shape index (κ1) is 37.6. The first-order valence-electron chi connectivity index (χ1n) is 20.2. The molecule has 0 saturated heterocycles. The Hall–Kier alpha value is -7.44. The molecule has 0 nitrogen and oxygen atoms in total. The Morgan fingerprint density at radius 2 is 0.710 bits per heavy atom. The lowest BCUT2D eigenvalue weighted by atomic mass is 9.82. The van der Waals surface area contributed by atoms with Gasteiger partial charge in [0.15, 0.2) is 0 Å². The average Bonchev–Trinajstić information content (AvgIpc) is 3.29. The van der Waals surface area contributed by atoms with E-state index in [0.717, 1.165) is 99.0 Å². The summed E-state index contributed by atoms with van der Waals surface area (Å²) in [7, 11) is 0. The van der Waals surface area contributed by atoms with Gasteiger partial charge in [-0.05, 0) is 170 Å². The molecule has 62 heavy (non-hydrogen) atoms. The fraction of sp³-hybridized carbons (Fsp3) is 0.0357. The van der Waals surface area contributed by atoms with Gasteiger partial charge in [0.05, 0.1) is 11.1 Å². The van der Waals surface area contributed by atoms with Crippen molar-refractivity contribution < 1.29 is 26.3 Å². The van der Waals surface area contributed by atoms with Gasteiger partial charge in [-0.2, -0.15) is 26.3 Å². The third-order valence-electron chi connectivity index (χ3n) is 12.2.